The van der Waals surface area contributed by atoms with Crippen molar-refractivity contribution >= 4 is 18.3 Å². The Bertz CT molecular complexity index is 550. The van der Waals surface area contributed by atoms with Crippen LogP contribution in [0.15, 0.2) is 24.3 Å². The Hall–Kier alpha value is -1.06. The van der Waals surface area contributed by atoms with Crippen molar-refractivity contribution in [1.82, 2.24) is 10.6 Å². The Morgan fingerprint density at radius 1 is 1.13 bits per heavy atom. The van der Waals surface area contributed by atoms with E-state index in [0.29, 0.717) is 23.9 Å². The second-order valence-corrected chi connectivity index (χ2v) is 7.42. The molecular formula is C19H27ClN2O. The van der Waals surface area contributed by atoms with E-state index in [1.165, 1.54) is 43.2 Å². The molecule has 0 saturated carbocycles. The van der Waals surface area contributed by atoms with Crippen LogP contribution in [-0.2, 0) is 11.2 Å². The van der Waals surface area contributed by atoms with E-state index in [1.54, 1.807) is 0 Å². The van der Waals surface area contributed by atoms with Crippen molar-refractivity contribution < 1.29 is 4.79 Å². The summed E-state index contributed by atoms with van der Waals surface area (Å²) in [6.45, 7) is 0.813. The molecule has 1 aromatic carbocycles. The monoisotopic (exact) mass is 334 g/mol. The molecule has 126 valence electrons. The fourth-order valence-electron chi connectivity index (χ4n) is 4.77. The quantitative estimate of drug-likeness (QED) is 0.888. The van der Waals surface area contributed by atoms with E-state index in [2.05, 4.69) is 34.9 Å². The predicted molar refractivity (Wildman–Crippen MR) is 95.0 cm³/mol. The third-order valence-electron chi connectivity index (χ3n) is 5.85. The SMILES string of the molecule is Cl.O=C(CC1CC2CCC(C1)N2)NCC1CCc2ccccc21. The molecule has 2 heterocycles. The molecule has 3 aliphatic rings. The first kappa shape index (κ1) is 16.8. The average Bonchev–Trinajstić information content (AvgIpc) is 3.08. The number of piperidine rings is 1. The van der Waals surface area contributed by atoms with Gasteiger partial charge in [-0.25, -0.2) is 0 Å². The Morgan fingerprint density at radius 3 is 2.65 bits per heavy atom. The summed E-state index contributed by atoms with van der Waals surface area (Å²) in [5.74, 6) is 1.37. The van der Waals surface area contributed by atoms with E-state index in [1.807, 2.05) is 0 Å². The number of hydrogen-bond donors (Lipinski definition) is 2. The van der Waals surface area contributed by atoms with Crippen molar-refractivity contribution in [3.8, 4) is 0 Å². The zero-order valence-corrected chi connectivity index (χ0v) is 14.4. The van der Waals surface area contributed by atoms with Crippen molar-refractivity contribution in [3.05, 3.63) is 35.4 Å². The van der Waals surface area contributed by atoms with Crippen LogP contribution in [0.3, 0.4) is 0 Å². The number of fused-ring (bicyclic) bond motifs is 3. The fourth-order valence-corrected chi connectivity index (χ4v) is 4.77. The minimum atomic E-state index is 0. The molecule has 2 aliphatic heterocycles. The van der Waals surface area contributed by atoms with Gasteiger partial charge in [-0.05, 0) is 55.6 Å². The Labute approximate surface area is 145 Å². The number of rotatable bonds is 4. The molecule has 0 spiro atoms. The van der Waals surface area contributed by atoms with Gasteiger partial charge >= 0.3 is 0 Å². The molecule has 0 aromatic heterocycles. The topological polar surface area (TPSA) is 41.1 Å². The molecule has 3 atom stereocenters. The molecular weight excluding hydrogens is 308 g/mol. The summed E-state index contributed by atoms with van der Waals surface area (Å²) >= 11 is 0. The summed E-state index contributed by atoms with van der Waals surface area (Å²) in [4.78, 5) is 12.3. The number of aryl methyl sites for hydroxylation is 1. The van der Waals surface area contributed by atoms with E-state index >= 15 is 0 Å². The van der Waals surface area contributed by atoms with Gasteiger partial charge in [0, 0.05) is 31.0 Å². The van der Waals surface area contributed by atoms with Crippen molar-refractivity contribution in [2.24, 2.45) is 5.92 Å². The van der Waals surface area contributed by atoms with E-state index in [0.717, 1.165) is 19.4 Å². The van der Waals surface area contributed by atoms with Gasteiger partial charge in [-0.3, -0.25) is 4.79 Å². The highest BCUT2D eigenvalue weighted by Gasteiger charge is 2.34. The van der Waals surface area contributed by atoms with Gasteiger partial charge < -0.3 is 10.6 Å². The zero-order chi connectivity index (χ0) is 14.9. The molecule has 0 radical (unpaired) electrons. The minimum absolute atomic E-state index is 0. The Morgan fingerprint density at radius 2 is 1.87 bits per heavy atom. The largest absolute Gasteiger partial charge is 0.355 e. The van der Waals surface area contributed by atoms with Gasteiger partial charge in [-0.2, -0.15) is 0 Å². The maximum Gasteiger partial charge on any atom is 0.220 e. The number of carbonyl (C=O) groups is 1. The lowest BCUT2D eigenvalue weighted by atomic mass is 9.89. The van der Waals surface area contributed by atoms with Gasteiger partial charge in [0.1, 0.15) is 0 Å². The molecule has 23 heavy (non-hydrogen) atoms. The summed E-state index contributed by atoms with van der Waals surface area (Å²) < 4.78 is 0. The number of hydrogen-bond acceptors (Lipinski definition) is 2. The first-order chi connectivity index (χ1) is 10.8. The van der Waals surface area contributed by atoms with Crippen molar-refractivity contribution in [2.75, 3.05) is 6.54 Å². The van der Waals surface area contributed by atoms with Gasteiger partial charge in [-0.15, -0.1) is 12.4 Å². The first-order valence-electron chi connectivity index (χ1n) is 8.88. The number of benzene rings is 1. The van der Waals surface area contributed by atoms with Crippen molar-refractivity contribution in [1.29, 1.82) is 0 Å². The molecule has 1 amide bonds. The molecule has 2 saturated heterocycles. The average molecular weight is 335 g/mol. The summed E-state index contributed by atoms with van der Waals surface area (Å²) in [6, 6.07) is 10.0. The van der Waals surface area contributed by atoms with E-state index in [-0.39, 0.29) is 18.3 Å². The van der Waals surface area contributed by atoms with Crippen LogP contribution in [-0.4, -0.2) is 24.5 Å². The highest BCUT2D eigenvalue weighted by molar-refractivity contribution is 5.85. The summed E-state index contributed by atoms with van der Waals surface area (Å²) in [6.07, 6.45) is 8.06. The molecule has 2 N–H and O–H groups in total. The normalized spacial score (nSPS) is 31.3. The van der Waals surface area contributed by atoms with E-state index < -0.39 is 0 Å². The van der Waals surface area contributed by atoms with Crippen LogP contribution in [0.2, 0.25) is 0 Å². The second kappa shape index (κ2) is 7.23. The van der Waals surface area contributed by atoms with Crippen LogP contribution in [0, 0.1) is 5.92 Å². The highest BCUT2D eigenvalue weighted by atomic mass is 35.5. The molecule has 1 aromatic rings. The molecule has 4 heteroatoms. The smallest absolute Gasteiger partial charge is 0.220 e. The molecule has 3 nitrogen and oxygen atoms in total. The number of nitrogens with one attached hydrogen (secondary N) is 2. The van der Waals surface area contributed by atoms with Crippen LogP contribution < -0.4 is 10.6 Å². The third kappa shape index (κ3) is 3.72. The van der Waals surface area contributed by atoms with Gasteiger partial charge in [0.15, 0.2) is 0 Å². The van der Waals surface area contributed by atoms with Crippen LogP contribution in [0.25, 0.3) is 0 Å². The number of halogens is 1. The van der Waals surface area contributed by atoms with Crippen LogP contribution in [0.4, 0.5) is 0 Å². The zero-order valence-electron chi connectivity index (χ0n) is 13.6. The molecule has 2 fully saturated rings. The van der Waals surface area contributed by atoms with Crippen LogP contribution in [0.5, 0.6) is 0 Å². The third-order valence-corrected chi connectivity index (χ3v) is 5.85. The first-order valence-corrected chi connectivity index (χ1v) is 8.88. The fraction of sp³-hybridized carbons (Fsp3) is 0.632. The summed E-state index contributed by atoms with van der Waals surface area (Å²) in [5.41, 5.74) is 2.92. The second-order valence-electron chi connectivity index (χ2n) is 7.42. The van der Waals surface area contributed by atoms with Gasteiger partial charge in [0.2, 0.25) is 5.91 Å². The lowest BCUT2D eigenvalue weighted by Crippen LogP contribution is -2.40. The van der Waals surface area contributed by atoms with Crippen molar-refractivity contribution in [2.45, 2.75) is 62.9 Å². The van der Waals surface area contributed by atoms with Crippen LogP contribution >= 0.6 is 12.4 Å². The maximum atomic E-state index is 12.3. The number of carbonyl (C=O) groups excluding carboxylic acids is 1. The lowest BCUT2D eigenvalue weighted by molar-refractivity contribution is -0.122. The predicted octanol–water partition coefficient (Wildman–Crippen LogP) is 3.18. The van der Waals surface area contributed by atoms with E-state index in [9.17, 15) is 4.79 Å². The molecule has 4 rings (SSSR count). The maximum absolute atomic E-state index is 12.3. The van der Waals surface area contributed by atoms with E-state index in [4.69, 9.17) is 0 Å². The molecule has 3 unspecified atom stereocenters. The van der Waals surface area contributed by atoms with Crippen molar-refractivity contribution in [3.63, 3.8) is 0 Å². The summed E-state index contributed by atoms with van der Waals surface area (Å²) in [7, 11) is 0. The highest BCUT2D eigenvalue weighted by Crippen LogP contribution is 2.33. The lowest BCUT2D eigenvalue weighted by Gasteiger charge is -2.28. The standard InChI is InChI=1S/C19H26N2O.ClH/c22-19(11-13-9-16-7-8-17(10-13)21-16)20-12-15-6-5-14-3-1-2-4-18(14)15;/h1-4,13,15-17,21H,5-12H2,(H,20,22);1H. The Kier molecular flexibility index (Phi) is 5.27. The van der Waals surface area contributed by atoms with Gasteiger partial charge in [-0.1, -0.05) is 24.3 Å². The Balaban J connectivity index is 0.00000156. The molecule has 1 aliphatic carbocycles. The van der Waals surface area contributed by atoms with Gasteiger partial charge in [0.25, 0.3) is 0 Å². The molecule has 2 bridgehead atoms. The minimum Gasteiger partial charge on any atom is -0.355 e. The number of amides is 1. The summed E-state index contributed by atoms with van der Waals surface area (Å²) in [5, 5.41) is 6.85. The van der Waals surface area contributed by atoms with Crippen LogP contribution in [0.1, 0.15) is 55.6 Å². The van der Waals surface area contributed by atoms with Gasteiger partial charge in [0.05, 0.1) is 0 Å².